The minimum Gasteiger partial charge on any atom is -0.481 e. The lowest BCUT2D eigenvalue weighted by atomic mass is 10.3. The first-order valence-electron chi connectivity index (χ1n) is 5.23. The molecule has 0 saturated heterocycles. The Balaban J connectivity index is 2.34. The van der Waals surface area contributed by atoms with Gasteiger partial charge in [0, 0.05) is 21.1 Å². The number of benzene rings is 1. The number of carboxylic acid groups (broad SMARTS) is 1. The molecule has 0 aliphatic rings. The van der Waals surface area contributed by atoms with E-state index in [0.29, 0.717) is 5.16 Å². The van der Waals surface area contributed by atoms with Crippen LogP contribution in [0.15, 0.2) is 35.6 Å². The van der Waals surface area contributed by atoms with Crippen molar-refractivity contribution in [3.8, 4) is 5.69 Å². The molecule has 0 radical (unpaired) electrons. The highest BCUT2D eigenvalue weighted by Crippen LogP contribution is 2.23. The normalized spacial score (nSPS) is 10.6. The van der Waals surface area contributed by atoms with Crippen LogP contribution in [0.1, 0.15) is 5.69 Å². The van der Waals surface area contributed by atoms with Crippen LogP contribution in [-0.2, 0) is 4.79 Å². The van der Waals surface area contributed by atoms with Gasteiger partial charge in [-0.05, 0) is 53.8 Å². The van der Waals surface area contributed by atoms with E-state index in [4.69, 9.17) is 5.11 Å². The van der Waals surface area contributed by atoms with E-state index < -0.39 is 5.97 Å². The van der Waals surface area contributed by atoms with Gasteiger partial charge in [-0.25, -0.2) is 4.98 Å². The third-order valence-electron chi connectivity index (χ3n) is 2.32. The zero-order valence-corrected chi connectivity index (χ0v) is 12.6. The first-order chi connectivity index (χ1) is 8.58. The summed E-state index contributed by atoms with van der Waals surface area (Å²) in [5.41, 5.74) is 1.99. The van der Waals surface area contributed by atoms with Crippen molar-refractivity contribution in [2.75, 3.05) is 5.75 Å². The molecule has 0 amide bonds. The van der Waals surface area contributed by atoms with E-state index in [1.807, 2.05) is 35.8 Å². The maximum atomic E-state index is 10.6. The summed E-state index contributed by atoms with van der Waals surface area (Å²) in [5.74, 6) is -0.823. The summed E-state index contributed by atoms with van der Waals surface area (Å²) in [6.07, 6.45) is 1.75. The topological polar surface area (TPSA) is 55.1 Å². The van der Waals surface area contributed by atoms with Crippen LogP contribution < -0.4 is 0 Å². The van der Waals surface area contributed by atoms with Crippen molar-refractivity contribution in [1.29, 1.82) is 0 Å². The molecule has 0 unspecified atom stereocenters. The zero-order valence-electron chi connectivity index (χ0n) is 9.63. The number of aliphatic carboxylic acids is 1. The summed E-state index contributed by atoms with van der Waals surface area (Å²) in [7, 11) is 0. The van der Waals surface area contributed by atoms with Gasteiger partial charge in [-0.1, -0.05) is 11.8 Å². The molecular weight excluding hydrogens is 363 g/mol. The van der Waals surface area contributed by atoms with Crippen LogP contribution in [-0.4, -0.2) is 26.4 Å². The van der Waals surface area contributed by atoms with Crippen LogP contribution in [0.2, 0.25) is 0 Å². The van der Waals surface area contributed by atoms with Gasteiger partial charge in [-0.3, -0.25) is 9.36 Å². The van der Waals surface area contributed by atoms with Crippen LogP contribution in [0.25, 0.3) is 5.69 Å². The molecule has 1 aromatic carbocycles. The van der Waals surface area contributed by atoms with Crippen molar-refractivity contribution in [1.82, 2.24) is 9.55 Å². The Labute approximate surface area is 123 Å². The summed E-state index contributed by atoms with van der Waals surface area (Å²) in [6, 6.07) is 8.03. The predicted molar refractivity (Wildman–Crippen MR) is 79.4 cm³/mol. The first kappa shape index (κ1) is 13.4. The molecule has 0 spiro atoms. The van der Waals surface area contributed by atoms with Gasteiger partial charge in [-0.15, -0.1) is 0 Å². The summed E-state index contributed by atoms with van der Waals surface area (Å²) in [5, 5.41) is 9.43. The van der Waals surface area contributed by atoms with Crippen molar-refractivity contribution in [2.24, 2.45) is 0 Å². The molecule has 4 nitrogen and oxygen atoms in total. The highest BCUT2D eigenvalue weighted by molar-refractivity contribution is 14.1. The molecule has 0 atom stereocenters. The van der Waals surface area contributed by atoms with Crippen LogP contribution >= 0.6 is 34.4 Å². The van der Waals surface area contributed by atoms with E-state index in [0.717, 1.165) is 15.0 Å². The number of hydrogen-bond donors (Lipinski definition) is 1. The van der Waals surface area contributed by atoms with E-state index >= 15 is 0 Å². The smallest absolute Gasteiger partial charge is 0.313 e. The fourth-order valence-electron chi connectivity index (χ4n) is 1.55. The molecule has 1 aromatic heterocycles. The predicted octanol–water partition coefficient (Wildman–Crippen LogP) is 2.96. The Hall–Kier alpha value is -1.02. The lowest BCUT2D eigenvalue weighted by molar-refractivity contribution is -0.133. The van der Waals surface area contributed by atoms with Crippen molar-refractivity contribution in [3.63, 3.8) is 0 Å². The average molecular weight is 374 g/mol. The van der Waals surface area contributed by atoms with Crippen molar-refractivity contribution < 1.29 is 9.90 Å². The van der Waals surface area contributed by atoms with Gasteiger partial charge in [0.15, 0.2) is 5.16 Å². The molecule has 2 aromatic rings. The summed E-state index contributed by atoms with van der Waals surface area (Å²) in [6.45, 7) is 1.95. The fourth-order valence-corrected chi connectivity index (χ4v) is 2.67. The van der Waals surface area contributed by atoms with E-state index in [1.54, 1.807) is 6.20 Å². The Morgan fingerprint density at radius 1 is 1.44 bits per heavy atom. The molecular formula is C12H11IN2O2S. The minimum atomic E-state index is -0.838. The second-order valence-electron chi connectivity index (χ2n) is 3.68. The molecule has 0 aliphatic carbocycles. The molecule has 0 fully saturated rings. The second-order valence-corrected chi connectivity index (χ2v) is 5.86. The van der Waals surface area contributed by atoms with Gasteiger partial charge in [0.05, 0.1) is 5.75 Å². The third kappa shape index (κ3) is 3.05. The number of carbonyl (C=O) groups is 1. The molecule has 1 N–H and O–H groups in total. The number of halogens is 1. The van der Waals surface area contributed by atoms with E-state index in [-0.39, 0.29) is 5.75 Å². The van der Waals surface area contributed by atoms with Crippen molar-refractivity contribution >= 4 is 40.3 Å². The second kappa shape index (κ2) is 5.75. The molecule has 0 saturated carbocycles. The highest BCUT2D eigenvalue weighted by Gasteiger charge is 2.11. The maximum absolute atomic E-state index is 10.6. The minimum absolute atomic E-state index is 0.0147. The summed E-state index contributed by atoms with van der Waals surface area (Å²) in [4.78, 5) is 14.9. The summed E-state index contributed by atoms with van der Waals surface area (Å²) < 4.78 is 3.12. The molecule has 2 rings (SSSR count). The molecule has 1 heterocycles. The summed E-state index contributed by atoms with van der Waals surface area (Å²) >= 11 is 3.47. The van der Waals surface area contributed by atoms with Gasteiger partial charge < -0.3 is 5.11 Å². The Kier molecular flexibility index (Phi) is 4.28. The molecule has 18 heavy (non-hydrogen) atoms. The average Bonchev–Trinajstić information content (AvgIpc) is 2.69. The van der Waals surface area contributed by atoms with Gasteiger partial charge in [0.2, 0.25) is 0 Å². The quantitative estimate of drug-likeness (QED) is 0.661. The number of carboxylic acids is 1. The number of nitrogens with zero attached hydrogens (tertiary/aromatic N) is 2. The first-order valence-corrected chi connectivity index (χ1v) is 7.29. The largest absolute Gasteiger partial charge is 0.481 e. The Bertz CT molecular complexity index is 566. The lowest BCUT2D eigenvalue weighted by Gasteiger charge is -2.09. The van der Waals surface area contributed by atoms with Gasteiger partial charge in [-0.2, -0.15) is 0 Å². The standard InChI is InChI=1S/C12H11IN2O2S/c1-8-6-14-12(18-7-11(16)17)15(8)10-4-2-9(13)3-5-10/h2-6H,7H2,1H3,(H,16,17). The van der Waals surface area contributed by atoms with E-state index in [1.165, 1.54) is 11.8 Å². The molecule has 0 bridgehead atoms. The number of aryl methyl sites for hydroxylation is 1. The highest BCUT2D eigenvalue weighted by atomic mass is 127. The third-order valence-corrected chi connectivity index (χ3v) is 3.97. The molecule has 6 heteroatoms. The Morgan fingerprint density at radius 3 is 2.72 bits per heavy atom. The van der Waals surface area contributed by atoms with Crippen LogP contribution in [0, 0.1) is 10.5 Å². The monoisotopic (exact) mass is 374 g/mol. The van der Waals surface area contributed by atoms with Crippen molar-refractivity contribution in [3.05, 3.63) is 39.7 Å². The molecule has 0 aliphatic heterocycles. The van der Waals surface area contributed by atoms with Gasteiger partial charge >= 0.3 is 5.97 Å². The lowest BCUT2D eigenvalue weighted by Crippen LogP contribution is -2.02. The number of rotatable bonds is 4. The number of aromatic nitrogens is 2. The maximum Gasteiger partial charge on any atom is 0.313 e. The SMILES string of the molecule is Cc1cnc(SCC(=O)O)n1-c1ccc(I)cc1. The van der Waals surface area contributed by atoms with Gasteiger partial charge in [0.25, 0.3) is 0 Å². The van der Waals surface area contributed by atoms with E-state index in [9.17, 15) is 4.79 Å². The van der Waals surface area contributed by atoms with Crippen LogP contribution in [0.3, 0.4) is 0 Å². The number of imidazole rings is 1. The van der Waals surface area contributed by atoms with Gasteiger partial charge in [0.1, 0.15) is 0 Å². The Morgan fingerprint density at radius 2 is 2.11 bits per heavy atom. The zero-order chi connectivity index (χ0) is 13.1. The number of thioether (sulfide) groups is 1. The molecule has 94 valence electrons. The van der Waals surface area contributed by atoms with Crippen LogP contribution in [0.4, 0.5) is 0 Å². The fraction of sp³-hybridized carbons (Fsp3) is 0.167. The number of hydrogen-bond acceptors (Lipinski definition) is 3. The van der Waals surface area contributed by atoms with Crippen molar-refractivity contribution in [2.45, 2.75) is 12.1 Å². The van der Waals surface area contributed by atoms with Crippen LogP contribution in [0.5, 0.6) is 0 Å². The van der Waals surface area contributed by atoms with E-state index in [2.05, 4.69) is 27.6 Å².